The smallest absolute Gasteiger partial charge is 0.229 e. The first-order chi connectivity index (χ1) is 9.65. The average Bonchev–Trinajstić information content (AvgIpc) is 2.76. The third-order valence-corrected chi connectivity index (χ3v) is 3.85. The SMILES string of the molecule is Cc1ccc2nc(C)c(NC(=O)C3CCCNC3)n2c1.Cl. The number of anilines is 1. The van der Waals surface area contributed by atoms with E-state index in [0.717, 1.165) is 48.7 Å². The summed E-state index contributed by atoms with van der Waals surface area (Å²) >= 11 is 0. The van der Waals surface area contributed by atoms with Gasteiger partial charge in [0, 0.05) is 12.7 Å². The lowest BCUT2D eigenvalue weighted by Gasteiger charge is -2.21. The van der Waals surface area contributed by atoms with Crippen LogP contribution < -0.4 is 10.6 Å². The molecule has 1 atom stereocenters. The van der Waals surface area contributed by atoms with Crippen LogP contribution in [0.25, 0.3) is 5.65 Å². The molecule has 1 aliphatic heterocycles. The summed E-state index contributed by atoms with van der Waals surface area (Å²) in [4.78, 5) is 16.8. The van der Waals surface area contributed by atoms with Crippen LogP contribution >= 0.6 is 12.4 Å². The van der Waals surface area contributed by atoms with Gasteiger partial charge in [-0.2, -0.15) is 0 Å². The number of fused-ring (bicyclic) bond motifs is 1. The van der Waals surface area contributed by atoms with Crippen molar-refractivity contribution >= 4 is 29.8 Å². The first-order valence-corrected chi connectivity index (χ1v) is 7.12. The molecule has 2 N–H and O–H groups in total. The van der Waals surface area contributed by atoms with Crippen molar-refractivity contribution < 1.29 is 4.79 Å². The topological polar surface area (TPSA) is 58.4 Å². The van der Waals surface area contributed by atoms with Crippen LogP contribution in [0.4, 0.5) is 5.82 Å². The number of imidazole rings is 1. The van der Waals surface area contributed by atoms with Crippen LogP contribution in [-0.2, 0) is 4.79 Å². The van der Waals surface area contributed by atoms with E-state index in [0.29, 0.717) is 0 Å². The number of aryl methyl sites for hydroxylation is 2. The molecule has 1 amide bonds. The minimum absolute atomic E-state index is 0. The van der Waals surface area contributed by atoms with Gasteiger partial charge in [-0.3, -0.25) is 9.20 Å². The summed E-state index contributed by atoms with van der Waals surface area (Å²) in [5, 5.41) is 6.32. The Hall–Kier alpha value is -1.59. The molecule has 1 aliphatic rings. The van der Waals surface area contributed by atoms with Gasteiger partial charge in [-0.1, -0.05) is 6.07 Å². The molecule has 5 nitrogen and oxygen atoms in total. The highest BCUT2D eigenvalue weighted by Gasteiger charge is 2.22. The van der Waals surface area contributed by atoms with Crippen molar-refractivity contribution in [3.63, 3.8) is 0 Å². The van der Waals surface area contributed by atoms with Crippen LogP contribution in [0.15, 0.2) is 18.3 Å². The molecule has 1 saturated heterocycles. The maximum Gasteiger partial charge on any atom is 0.229 e. The maximum absolute atomic E-state index is 12.4. The zero-order valence-corrected chi connectivity index (χ0v) is 13.2. The molecule has 1 unspecified atom stereocenters. The summed E-state index contributed by atoms with van der Waals surface area (Å²) in [7, 11) is 0. The number of nitrogens with zero attached hydrogens (tertiary/aromatic N) is 2. The van der Waals surface area contributed by atoms with Gasteiger partial charge in [0.05, 0.1) is 11.6 Å². The molecular weight excluding hydrogens is 288 g/mol. The first kappa shape index (κ1) is 15.8. The second-order valence-electron chi connectivity index (χ2n) is 5.51. The van der Waals surface area contributed by atoms with E-state index in [2.05, 4.69) is 15.6 Å². The number of nitrogens with one attached hydrogen (secondary N) is 2. The Morgan fingerprint density at radius 1 is 1.43 bits per heavy atom. The van der Waals surface area contributed by atoms with Gasteiger partial charge >= 0.3 is 0 Å². The van der Waals surface area contributed by atoms with Crippen molar-refractivity contribution in [2.75, 3.05) is 18.4 Å². The fourth-order valence-electron chi connectivity index (χ4n) is 2.71. The van der Waals surface area contributed by atoms with Gasteiger partial charge in [-0.15, -0.1) is 12.4 Å². The van der Waals surface area contributed by atoms with Crippen molar-refractivity contribution in [2.45, 2.75) is 26.7 Å². The van der Waals surface area contributed by atoms with Crippen molar-refractivity contribution in [1.29, 1.82) is 0 Å². The summed E-state index contributed by atoms with van der Waals surface area (Å²) < 4.78 is 1.96. The molecule has 0 bridgehead atoms. The van der Waals surface area contributed by atoms with Crippen molar-refractivity contribution in [3.05, 3.63) is 29.6 Å². The van der Waals surface area contributed by atoms with Crippen molar-refractivity contribution in [2.24, 2.45) is 5.92 Å². The predicted molar refractivity (Wildman–Crippen MR) is 86.1 cm³/mol. The molecule has 2 aromatic rings. The van der Waals surface area contributed by atoms with Crippen LogP contribution in [0, 0.1) is 19.8 Å². The number of hydrogen-bond donors (Lipinski definition) is 2. The summed E-state index contributed by atoms with van der Waals surface area (Å²) in [5.74, 6) is 0.932. The molecule has 0 radical (unpaired) electrons. The Labute approximate surface area is 130 Å². The summed E-state index contributed by atoms with van der Waals surface area (Å²) in [6.07, 6.45) is 4.01. The zero-order valence-electron chi connectivity index (χ0n) is 12.3. The van der Waals surface area contributed by atoms with E-state index in [1.165, 1.54) is 0 Å². The number of carbonyl (C=O) groups excluding carboxylic acids is 1. The summed E-state index contributed by atoms with van der Waals surface area (Å²) in [5.41, 5.74) is 2.86. The van der Waals surface area contributed by atoms with Crippen molar-refractivity contribution in [1.82, 2.24) is 14.7 Å². The Bertz CT molecular complexity index is 646. The maximum atomic E-state index is 12.4. The fraction of sp³-hybridized carbons (Fsp3) is 0.467. The minimum Gasteiger partial charge on any atom is -0.316 e. The Morgan fingerprint density at radius 3 is 2.95 bits per heavy atom. The molecule has 0 aliphatic carbocycles. The molecule has 1 fully saturated rings. The van der Waals surface area contributed by atoms with E-state index in [4.69, 9.17) is 0 Å². The number of aromatic nitrogens is 2. The number of carbonyl (C=O) groups is 1. The molecule has 0 spiro atoms. The fourth-order valence-corrected chi connectivity index (χ4v) is 2.71. The third-order valence-electron chi connectivity index (χ3n) is 3.85. The highest BCUT2D eigenvalue weighted by atomic mass is 35.5. The van der Waals surface area contributed by atoms with Gasteiger partial charge in [0.1, 0.15) is 11.5 Å². The highest BCUT2D eigenvalue weighted by Crippen LogP contribution is 2.20. The third kappa shape index (κ3) is 3.19. The van der Waals surface area contributed by atoms with E-state index in [-0.39, 0.29) is 24.2 Å². The van der Waals surface area contributed by atoms with Crippen LogP contribution in [0.2, 0.25) is 0 Å². The van der Waals surface area contributed by atoms with E-state index in [1.54, 1.807) is 0 Å². The average molecular weight is 309 g/mol. The van der Waals surface area contributed by atoms with Crippen molar-refractivity contribution in [3.8, 4) is 0 Å². The highest BCUT2D eigenvalue weighted by molar-refractivity contribution is 5.93. The van der Waals surface area contributed by atoms with E-state index in [1.807, 2.05) is 36.6 Å². The quantitative estimate of drug-likeness (QED) is 0.895. The Morgan fingerprint density at radius 2 is 2.24 bits per heavy atom. The first-order valence-electron chi connectivity index (χ1n) is 7.12. The van der Waals surface area contributed by atoms with Crippen LogP contribution in [0.5, 0.6) is 0 Å². The van der Waals surface area contributed by atoms with Crippen LogP contribution in [0.1, 0.15) is 24.1 Å². The molecule has 0 aromatic carbocycles. The van der Waals surface area contributed by atoms with Gasteiger partial charge in [0.25, 0.3) is 0 Å². The van der Waals surface area contributed by atoms with Crippen LogP contribution in [-0.4, -0.2) is 28.4 Å². The molecule has 6 heteroatoms. The van der Waals surface area contributed by atoms with E-state index in [9.17, 15) is 4.79 Å². The molecule has 3 rings (SSSR count). The number of piperidine rings is 1. The lowest BCUT2D eigenvalue weighted by atomic mass is 9.99. The lowest BCUT2D eigenvalue weighted by molar-refractivity contribution is -0.120. The zero-order chi connectivity index (χ0) is 14.1. The molecule has 2 aromatic heterocycles. The Balaban J connectivity index is 0.00000161. The van der Waals surface area contributed by atoms with Gasteiger partial charge in [0.15, 0.2) is 0 Å². The van der Waals surface area contributed by atoms with Gasteiger partial charge < -0.3 is 10.6 Å². The van der Waals surface area contributed by atoms with Crippen LogP contribution in [0.3, 0.4) is 0 Å². The molecule has 3 heterocycles. The van der Waals surface area contributed by atoms with Gasteiger partial charge in [0.2, 0.25) is 5.91 Å². The van der Waals surface area contributed by atoms with E-state index >= 15 is 0 Å². The normalized spacial score (nSPS) is 18.3. The monoisotopic (exact) mass is 308 g/mol. The predicted octanol–water partition coefficient (Wildman–Crippen LogP) is 2.31. The van der Waals surface area contributed by atoms with Gasteiger partial charge in [-0.05, 0) is 44.9 Å². The molecule has 21 heavy (non-hydrogen) atoms. The minimum atomic E-state index is 0. The second-order valence-corrected chi connectivity index (χ2v) is 5.51. The molecule has 114 valence electrons. The van der Waals surface area contributed by atoms with Gasteiger partial charge in [-0.25, -0.2) is 4.98 Å². The largest absolute Gasteiger partial charge is 0.316 e. The summed E-state index contributed by atoms with van der Waals surface area (Å²) in [6, 6.07) is 4.00. The molecule has 0 saturated carbocycles. The Kier molecular flexibility index (Phi) is 4.85. The number of pyridine rings is 1. The van der Waals surface area contributed by atoms with E-state index < -0.39 is 0 Å². The standard InChI is InChI=1S/C15H20N4O.ClH/c1-10-5-6-13-17-11(2)14(19(13)9-10)18-15(20)12-4-3-7-16-8-12;/h5-6,9,12,16H,3-4,7-8H2,1-2H3,(H,18,20);1H. The molecular formula is C15H21ClN4O. The number of hydrogen-bond acceptors (Lipinski definition) is 3. The second kappa shape index (κ2) is 6.45. The lowest BCUT2D eigenvalue weighted by Crippen LogP contribution is -2.37. The number of halogens is 1. The number of amides is 1. The number of rotatable bonds is 2. The summed E-state index contributed by atoms with van der Waals surface area (Å²) in [6.45, 7) is 5.74.